The van der Waals surface area contributed by atoms with E-state index in [4.69, 9.17) is 0 Å². The minimum Gasteiger partial charge on any atom is -0.343 e. The molecule has 1 aromatic heterocycles. The Morgan fingerprint density at radius 2 is 1.89 bits per heavy atom. The van der Waals surface area contributed by atoms with Crippen LogP contribution in [0.4, 0.5) is 4.39 Å². The number of carbonyl (C=O) groups excluding carboxylic acids is 1. The SMILES string of the molecule is Cc1cc(C(=O)NC2(c3ccc(F)cc3)CCCC2)ccc1-n1cnnn1. The fourth-order valence-electron chi connectivity index (χ4n) is 3.85. The van der Waals surface area contributed by atoms with Crippen molar-refractivity contribution in [3.63, 3.8) is 0 Å². The van der Waals surface area contributed by atoms with Crippen molar-refractivity contribution in [3.8, 4) is 5.69 Å². The summed E-state index contributed by atoms with van der Waals surface area (Å²) in [6.07, 6.45) is 5.30. The van der Waals surface area contributed by atoms with Crippen LogP contribution in [0.25, 0.3) is 5.69 Å². The summed E-state index contributed by atoms with van der Waals surface area (Å²) in [4.78, 5) is 13.0. The highest BCUT2D eigenvalue weighted by atomic mass is 19.1. The van der Waals surface area contributed by atoms with E-state index in [-0.39, 0.29) is 11.7 Å². The lowest BCUT2D eigenvalue weighted by atomic mass is 9.87. The third-order valence-corrected chi connectivity index (χ3v) is 5.26. The van der Waals surface area contributed by atoms with Crippen LogP contribution in [0.15, 0.2) is 48.8 Å². The minimum absolute atomic E-state index is 0.132. The summed E-state index contributed by atoms with van der Waals surface area (Å²) in [6, 6.07) is 11.9. The van der Waals surface area contributed by atoms with E-state index in [9.17, 15) is 9.18 Å². The Kier molecular flexibility index (Phi) is 4.43. The number of nitrogens with one attached hydrogen (secondary N) is 1. The zero-order chi connectivity index (χ0) is 18.9. The molecule has 0 unspecified atom stereocenters. The highest BCUT2D eigenvalue weighted by Crippen LogP contribution is 2.39. The molecule has 0 bridgehead atoms. The molecule has 4 rings (SSSR count). The van der Waals surface area contributed by atoms with Gasteiger partial charge >= 0.3 is 0 Å². The van der Waals surface area contributed by atoms with Crippen molar-refractivity contribution in [2.24, 2.45) is 0 Å². The maximum Gasteiger partial charge on any atom is 0.251 e. The van der Waals surface area contributed by atoms with Crippen molar-refractivity contribution in [1.29, 1.82) is 0 Å². The number of rotatable bonds is 4. The van der Waals surface area contributed by atoms with Gasteiger partial charge in [0.2, 0.25) is 0 Å². The summed E-state index contributed by atoms with van der Waals surface area (Å²) in [5, 5.41) is 14.4. The molecule has 7 heteroatoms. The second-order valence-corrected chi connectivity index (χ2v) is 7.01. The molecule has 1 heterocycles. The number of tetrazole rings is 1. The van der Waals surface area contributed by atoms with Gasteiger partial charge in [-0.05, 0) is 71.7 Å². The summed E-state index contributed by atoms with van der Waals surface area (Å²) >= 11 is 0. The van der Waals surface area contributed by atoms with Crippen LogP contribution >= 0.6 is 0 Å². The van der Waals surface area contributed by atoms with Crippen LogP contribution in [-0.2, 0) is 5.54 Å². The second-order valence-electron chi connectivity index (χ2n) is 7.01. The Morgan fingerprint density at radius 3 is 2.52 bits per heavy atom. The summed E-state index contributed by atoms with van der Waals surface area (Å²) in [7, 11) is 0. The van der Waals surface area contributed by atoms with E-state index in [1.165, 1.54) is 18.5 Å². The fraction of sp³-hybridized carbons (Fsp3) is 0.300. The predicted octanol–water partition coefficient (Wildman–Crippen LogP) is 3.31. The first-order valence-corrected chi connectivity index (χ1v) is 9.00. The first kappa shape index (κ1) is 17.3. The van der Waals surface area contributed by atoms with Crippen molar-refractivity contribution in [2.45, 2.75) is 38.1 Å². The van der Waals surface area contributed by atoms with Crippen LogP contribution < -0.4 is 5.32 Å². The standard InChI is InChI=1S/C20H20FN5O/c1-14-12-15(4-9-18(14)26-13-22-24-25-26)19(27)23-20(10-2-3-11-20)16-5-7-17(21)8-6-16/h4-9,12-13H,2-3,10-11H2,1H3,(H,23,27). The van der Waals surface area contributed by atoms with E-state index in [2.05, 4.69) is 20.8 Å². The Balaban J connectivity index is 1.60. The van der Waals surface area contributed by atoms with Crippen LogP contribution in [-0.4, -0.2) is 26.1 Å². The molecule has 1 aliphatic carbocycles. The van der Waals surface area contributed by atoms with Crippen molar-refractivity contribution in [2.75, 3.05) is 0 Å². The maximum atomic E-state index is 13.3. The van der Waals surface area contributed by atoms with Crippen LogP contribution in [0.1, 0.15) is 47.2 Å². The van der Waals surface area contributed by atoms with E-state index < -0.39 is 5.54 Å². The van der Waals surface area contributed by atoms with Gasteiger partial charge in [-0.3, -0.25) is 4.79 Å². The summed E-state index contributed by atoms with van der Waals surface area (Å²) in [5.74, 6) is -0.403. The molecule has 0 radical (unpaired) electrons. The molecule has 1 N–H and O–H groups in total. The molecule has 1 aliphatic rings. The zero-order valence-corrected chi connectivity index (χ0v) is 15.0. The highest BCUT2D eigenvalue weighted by Gasteiger charge is 2.37. The molecule has 1 fully saturated rings. The third-order valence-electron chi connectivity index (χ3n) is 5.26. The predicted molar refractivity (Wildman–Crippen MR) is 97.9 cm³/mol. The Hall–Kier alpha value is -3.09. The van der Waals surface area contributed by atoms with Crippen molar-refractivity contribution in [3.05, 3.63) is 71.3 Å². The van der Waals surface area contributed by atoms with Gasteiger partial charge in [0.25, 0.3) is 5.91 Å². The lowest BCUT2D eigenvalue weighted by Crippen LogP contribution is -2.43. The summed E-state index contributed by atoms with van der Waals surface area (Å²) < 4.78 is 14.9. The van der Waals surface area contributed by atoms with Gasteiger partial charge in [0.1, 0.15) is 12.1 Å². The maximum absolute atomic E-state index is 13.3. The van der Waals surface area contributed by atoms with Gasteiger partial charge in [-0.2, -0.15) is 0 Å². The number of aryl methyl sites for hydroxylation is 1. The van der Waals surface area contributed by atoms with Crippen LogP contribution in [0.5, 0.6) is 0 Å². The second kappa shape index (κ2) is 6.90. The molecular formula is C20H20FN5O. The lowest BCUT2D eigenvalue weighted by molar-refractivity contribution is 0.0898. The molecule has 1 amide bonds. The Bertz CT molecular complexity index is 947. The molecule has 2 aromatic carbocycles. The van der Waals surface area contributed by atoms with E-state index >= 15 is 0 Å². The zero-order valence-electron chi connectivity index (χ0n) is 15.0. The van der Waals surface area contributed by atoms with E-state index in [0.29, 0.717) is 5.56 Å². The van der Waals surface area contributed by atoms with Gasteiger partial charge in [0, 0.05) is 5.56 Å². The van der Waals surface area contributed by atoms with Crippen LogP contribution in [0.3, 0.4) is 0 Å². The van der Waals surface area contributed by atoms with Crippen LogP contribution in [0.2, 0.25) is 0 Å². The highest BCUT2D eigenvalue weighted by molar-refractivity contribution is 5.95. The van der Waals surface area contributed by atoms with Crippen LogP contribution in [0, 0.1) is 12.7 Å². The first-order chi connectivity index (χ1) is 13.1. The number of nitrogens with zero attached hydrogens (tertiary/aromatic N) is 4. The number of amides is 1. The molecule has 0 spiro atoms. The van der Waals surface area contributed by atoms with Crippen molar-refractivity contribution in [1.82, 2.24) is 25.5 Å². The first-order valence-electron chi connectivity index (χ1n) is 9.00. The van der Waals surface area contributed by atoms with Gasteiger partial charge in [-0.1, -0.05) is 25.0 Å². The number of hydrogen-bond donors (Lipinski definition) is 1. The number of benzene rings is 2. The molecule has 6 nitrogen and oxygen atoms in total. The monoisotopic (exact) mass is 365 g/mol. The number of hydrogen-bond acceptors (Lipinski definition) is 4. The van der Waals surface area contributed by atoms with Gasteiger partial charge < -0.3 is 5.32 Å². The molecular weight excluding hydrogens is 345 g/mol. The average molecular weight is 365 g/mol. The van der Waals surface area contributed by atoms with Gasteiger partial charge in [0.15, 0.2) is 0 Å². The topological polar surface area (TPSA) is 72.7 Å². The van der Waals surface area contributed by atoms with Gasteiger partial charge in [-0.25, -0.2) is 9.07 Å². The van der Waals surface area contributed by atoms with Crippen molar-refractivity contribution < 1.29 is 9.18 Å². The largest absolute Gasteiger partial charge is 0.343 e. The molecule has 3 aromatic rings. The summed E-state index contributed by atoms with van der Waals surface area (Å²) in [5.41, 5.74) is 2.82. The number of carbonyl (C=O) groups is 1. The Labute approximate surface area is 156 Å². The van der Waals surface area contributed by atoms with E-state index in [1.54, 1.807) is 22.9 Å². The van der Waals surface area contributed by atoms with E-state index in [0.717, 1.165) is 42.5 Å². The third kappa shape index (κ3) is 3.32. The molecule has 138 valence electrons. The Morgan fingerprint density at radius 1 is 1.15 bits per heavy atom. The molecule has 27 heavy (non-hydrogen) atoms. The van der Waals surface area contributed by atoms with Gasteiger partial charge in [0.05, 0.1) is 11.2 Å². The minimum atomic E-state index is -0.437. The smallest absolute Gasteiger partial charge is 0.251 e. The normalized spacial score (nSPS) is 15.6. The molecule has 0 saturated heterocycles. The molecule has 0 aliphatic heterocycles. The quantitative estimate of drug-likeness (QED) is 0.770. The lowest BCUT2D eigenvalue weighted by Gasteiger charge is -2.31. The van der Waals surface area contributed by atoms with E-state index in [1.807, 2.05) is 19.1 Å². The average Bonchev–Trinajstić information content (AvgIpc) is 3.35. The summed E-state index contributed by atoms with van der Waals surface area (Å²) in [6.45, 7) is 1.92. The number of halogens is 1. The molecule has 1 saturated carbocycles. The number of aromatic nitrogens is 4. The van der Waals surface area contributed by atoms with Gasteiger partial charge in [-0.15, -0.1) is 5.10 Å². The molecule has 0 atom stereocenters. The van der Waals surface area contributed by atoms with Crippen molar-refractivity contribution >= 4 is 5.91 Å². The fourth-order valence-corrected chi connectivity index (χ4v) is 3.85.